The largest absolute Gasteiger partial charge is 0.504 e. The number of esters is 2. The van der Waals surface area contributed by atoms with Crippen molar-refractivity contribution in [1.29, 1.82) is 0 Å². The molecule has 2 saturated heterocycles. The molecule has 6 aliphatic rings. The zero-order valence-corrected chi connectivity index (χ0v) is 24.8. The third-order valence-electron chi connectivity index (χ3n) is 12.1. The second-order valence-corrected chi connectivity index (χ2v) is 13.8. The van der Waals surface area contributed by atoms with E-state index in [0.29, 0.717) is 18.4 Å². The lowest BCUT2D eigenvalue weighted by molar-refractivity contribution is -0.734. The highest BCUT2D eigenvalue weighted by Gasteiger charge is 3.18. The van der Waals surface area contributed by atoms with E-state index in [1.807, 2.05) is 13.8 Å². The Morgan fingerprint density at radius 1 is 0.913 bits per heavy atom. The minimum atomic E-state index is -1.78. The molecule has 2 aliphatic heterocycles. The lowest BCUT2D eigenvalue weighted by atomic mass is 9.00. The summed E-state index contributed by atoms with van der Waals surface area (Å²) >= 11 is 0. The maximum Gasteiger partial charge on any atom is 0.338 e. The lowest BCUT2D eigenvalue weighted by Gasteiger charge is -3.10. The Balaban J connectivity index is 1.04. The first-order chi connectivity index (χ1) is 21.6. The van der Waals surface area contributed by atoms with Crippen LogP contribution in [0.5, 0.6) is 17.2 Å². The van der Waals surface area contributed by atoms with Gasteiger partial charge in [0.05, 0.1) is 33.2 Å². The third-order valence-corrected chi connectivity index (χ3v) is 12.1. The fourth-order valence-corrected chi connectivity index (χ4v) is 10.9. The van der Waals surface area contributed by atoms with E-state index in [4.69, 9.17) is 23.7 Å². The van der Waals surface area contributed by atoms with Crippen molar-refractivity contribution >= 4 is 11.9 Å². The minimum absolute atomic E-state index is 0.0937. The Morgan fingerprint density at radius 3 is 2.22 bits per heavy atom. The van der Waals surface area contributed by atoms with Crippen LogP contribution in [0.15, 0.2) is 42.5 Å². The number of hydrogen-bond acceptors (Lipinski definition) is 14. The maximum absolute atomic E-state index is 13.0. The average Bonchev–Trinajstić information content (AvgIpc) is 3.01. The molecule has 12 atom stereocenters. The molecule has 14 heteroatoms. The van der Waals surface area contributed by atoms with Crippen LogP contribution in [0.4, 0.5) is 0 Å². The molecule has 1 spiro atoms. The van der Waals surface area contributed by atoms with Gasteiger partial charge < -0.3 is 59.4 Å². The summed E-state index contributed by atoms with van der Waals surface area (Å²) in [6, 6.07) is 10.2. The molecule has 0 radical (unpaired) electrons. The van der Waals surface area contributed by atoms with E-state index in [-0.39, 0.29) is 18.1 Å². The number of aliphatic hydroxyl groups excluding tert-OH is 3. The molecule has 5 unspecified atom stereocenters. The number of ether oxygens (including phenoxy) is 5. The SMILES string of the molecule is CC12O[C@@]3(C)C[C@@]4(O)C5CC1(O[C@@H]1O[C@H](COC(=O)c6cc(O)c(O)c(O)c6)[C@@H](O)[C@H](O)[C@H]1O)C5(COC(=O)c1ccccc1)C243. The highest BCUT2D eigenvalue weighted by molar-refractivity contribution is 5.91. The van der Waals surface area contributed by atoms with Gasteiger partial charge in [0.15, 0.2) is 23.5 Å². The number of carbonyl (C=O) groups is 2. The minimum Gasteiger partial charge on any atom is -0.504 e. The standard InChI is InChI=1S/C32H34O14/c1-27-12-30(41)19-10-31(28(2,46-27)32(27,30)29(19,31)13-43-24(39)14-6-4-3-5-7-14)45-26-23(38)22(37)21(36)18(44-26)11-42-25(40)15-8-16(33)20(35)17(34)9-15/h3-9,18-19,21-23,26,33-38,41H,10-13H2,1-2H3/t18-,19?,21-,22+,23-,26+,27+,28?,29?,30-,31?,32?/m1/s1. The summed E-state index contributed by atoms with van der Waals surface area (Å²) in [7, 11) is 0. The van der Waals surface area contributed by atoms with Gasteiger partial charge in [-0.25, -0.2) is 9.59 Å². The van der Waals surface area contributed by atoms with Crippen molar-refractivity contribution in [3.8, 4) is 17.2 Å². The average molecular weight is 643 g/mol. The molecule has 2 heterocycles. The number of fused-ring (bicyclic) bond motifs is 2. The van der Waals surface area contributed by atoms with Crippen LogP contribution in [0.25, 0.3) is 0 Å². The molecule has 4 aliphatic carbocycles. The van der Waals surface area contributed by atoms with Gasteiger partial charge in [-0.2, -0.15) is 0 Å². The van der Waals surface area contributed by atoms with Crippen LogP contribution < -0.4 is 0 Å². The van der Waals surface area contributed by atoms with E-state index in [2.05, 4.69) is 0 Å². The van der Waals surface area contributed by atoms with Crippen LogP contribution in [0.1, 0.15) is 47.4 Å². The van der Waals surface area contributed by atoms with Crippen molar-refractivity contribution in [2.75, 3.05) is 13.2 Å². The highest BCUT2D eigenvalue weighted by Crippen LogP contribution is 3.06. The van der Waals surface area contributed by atoms with E-state index in [1.165, 1.54) is 0 Å². The molecule has 6 fully saturated rings. The van der Waals surface area contributed by atoms with Crippen LogP contribution in [-0.4, -0.2) is 114 Å². The monoisotopic (exact) mass is 642 g/mol. The van der Waals surface area contributed by atoms with Gasteiger partial charge in [0.2, 0.25) is 0 Å². The number of aromatic hydroxyl groups is 3. The summed E-state index contributed by atoms with van der Waals surface area (Å²) in [6.07, 6.45) is -7.45. The van der Waals surface area contributed by atoms with Crippen LogP contribution in [0.2, 0.25) is 0 Å². The number of hydrogen-bond donors (Lipinski definition) is 7. The topological polar surface area (TPSA) is 222 Å². The molecular formula is C32H34O14. The first-order valence-electron chi connectivity index (χ1n) is 15.1. The number of carbonyl (C=O) groups excluding carboxylic acids is 2. The number of rotatable bonds is 8. The lowest BCUT2D eigenvalue weighted by Crippen LogP contribution is -3.22. The summed E-state index contributed by atoms with van der Waals surface area (Å²) in [4.78, 5) is 25.6. The fraction of sp³-hybridized carbons (Fsp3) is 0.562. The fourth-order valence-electron chi connectivity index (χ4n) is 10.9. The van der Waals surface area contributed by atoms with Gasteiger partial charge in [-0.1, -0.05) is 18.2 Å². The normalized spacial score (nSPS) is 46.9. The van der Waals surface area contributed by atoms with E-state index >= 15 is 0 Å². The maximum atomic E-state index is 13.0. The number of phenols is 3. The molecule has 8 rings (SSSR count). The summed E-state index contributed by atoms with van der Waals surface area (Å²) < 4.78 is 29.9. The second-order valence-electron chi connectivity index (χ2n) is 13.8. The molecule has 246 valence electrons. The predicted molar refractivity (Wildman–Crippen MR) is 149 cm³/mol. The molecule has 0 bridgehead atoms. The van der Waals surface area contributed by atoms with Gasteiger partial charge in [0.25, 0.3) is 0 Å². The quantitative estimate of drug-likeness (QED) is 0.150. The van der Waals surface area contributed by atoms with Gasteiger partial charge in [-0.05, 0) is 44.5 Å². The molecule has 0 aromatic heterocycles. The van der Waals surface area contributed by atoms with Crippen molar-refractivity contribution in [3.05, 3.63) is 53.6 Å². The van der Waals surface area contributed by atoms with Gasteiger partial charge in [0, 0.05) is 12.3 Å². The summed E-state index contributed by atoms with van der Waals surface area (Å²) in [5.41, 5.74) is -5.61. The van der Waals surface area contributed by atoms with Crippen LogP contribution in [-0.2, 0) is 23.7 Å². The van der Waals surface area contributed by atoms with Crippen molar-refractivity contribution in [2.24, 2.45) is 16.7 Å². The van der Waals surface area contributed by atoms with Crippen molar-refractivity contribution < 1.29 is 69.0 Å². The van der Waals surface area contributed by atoms with Crippen molar-refractivity contribution in [3.63, 3.8) is 0 Å². The number of benzene rings is 2. The Morgan fingerprint density at radius 2 is 1.57 bits per heavy atom. The Hall–Kier alpha value is -3.50. The van der Waals surface area contributed by atoms with E-state index in [0.717, 1.165) is 12.1 Å². The summed E-state index contributed by atoms with van der Waals surface area (Å²) in [5, 5.41) is 73.2. The Labute approximate surface area is 261 Å². The first-order valence-corrected chi connectivity index (χ1v) is 15.1. The van der Waals surface area contributed by atoms with Gasteiger partial charge >= 0.3 is 11.9 Å². The molecule has 0 amide bonds. The molecule has 46 heavy (non-hydrogen) atoms. The summed E-state index contributed by atoms with van der Waals surface area (Å²) in [5.74, 6) is -4.22. The molecule has 4 saturated carbocycles. The second kappa shape index (κ2) is 8.89. The summed E-state index contributed by atoms with van der Waals surface area (Å²) in [6.45, 7) is 3.00. The van der Waals surface area contributed by atoms with Gasteiger partial charge in [0.1, 0.15) is 48.8 Å². The van der Waals surface area contributed by atoms with E-state index in [1.54, 1.807) is 30.3 Å². The van der Waals surface area contributed by atoms with Crippen LogP contribution in [0, 0.1) is 16.7 Å². The molecule has 14 nitrogen and oxygen atoms in total. The molecule has 2 aromatic rings. The molecule has 2 aromatic carbocycles. The Kier molecular flexibility index (Phi) is 5.77. The predicted octanol–water partition coefficient (Wildman–Crippen LogP) is 0.0825. The van der Waals surface area contributed by atoms with Crippen LogP contribution >= 0.6 is 0 Å². The molecular weight excluding hydrogens is 608 g/mol. The number of aliphatic hydroxyl groups is 4. The van der Waals surface area contributed by atoms with E-state index < -0.39 is 99.7 Å². The first kappa shape index (κ1) is 29.9. The smallest absolute Gasteiger partial charge is 0.338 e. The van der Waals surface area contributed by atoms with Gasteiger partial charge in [-0.15, -0.1) is 0 Å². The van der Waals surface area contributed by atoms with Crippen molar-refractivity contribution in [2.45, 2.75) is 79.8 Å². The van der Waals surface area contributed by atoms with Crippen molar-refractivity contribution in [1.82, 2.24) is 0 Å². The third kappa shape index (κ3) is 2.90. The zero-order valence-electron chi connectivity index (χ0n) is 24.8. The Bertz CT molecular complexity index is 1640. The van der Waals surface area contributed by atoms with E-state index in [9.17, 15) is 45.3 Å². The highest BCUT2D eigenvalue weighted by atomic mass is 16.7. The zero-order chi connectivity index (χ0) is 32.8. The molecule has 7 N–H and O–H groups in total. The number of phenolic OH excluding ortho intramolecular Hbond substituents is 3. The van der Waals surface area contributed by atoms with Gasteiger partial charge in [-0.3, -0.25) is 0 Å². The van der Waals surface area contributed by atoms with Crippen LogP contribution in [0.3, 0.4) is 0 Å².